The molecule has 4 nitrogen and oxygen atoms in total. The van der Waals surface area contributed by atoms with Gasteiger partial charge in [0.1, 0.15) is 0 Å². The Labute approximate surface area is 113 Å². The van der Waals surface area contributed by atoms with Gasteiger partial charge >= 0.3 is 0 Å². The van der Waals surface area contributed by atoms with Crippen molar-refractivity contribution in [2.75, 3.05) is 25.1 Å². The summed E-state index contributed by atoms with van der Waals surface area (Å²) in [5.41, 5.74) is 8.06. The minimum absolute atomic E-state index is 0.0147. The van der Waals surface area contributed by atoms with Gasteiger partial charge in [0.25, 0.3) is 0 Å². The van der Waals surface area contributed by atoms with Crippen LogP contribution in [-0.2, 0) is 9.53 Å². The van der Waals surface area contributed by atoms with Gasteiger partial charge in [-0.05, 0) is 37.1 Å². The fraction of sp³-hybridized carbons (Fsp3) is 0.400. The highest BCUT2D eigenvalue weighted by molar-refractivity contribution is 5.93. The Balaban J connectivity index is 2.10. The van der Waals surface area contributed by atoms with Gasteiger partial charge in [0.05, 0.1) is 19.1 Å². The first-order valence-corrected chi connectivity index (χ1v) is 6.38. The highest BCUT2D eigenvalue weighted by atomic mass is 16.5. The number of rotatable bonds is 2. The van der Waals surface area contributed by atoms with Crippen molar-refractivity contribution in [2.45, 2.75) is 13.3 Å². The van der Waals surface area contributed by atoms with Crippen LogP contribution in [0.1, 0.15) is 17.5 Å². The monoisotopic (exact) mass is 258 g/mol. The number of nitrogens with two attached hydrogens (primary N) is 1. The van der Waals surface area contributed by atoms with Gasteiger partial charge in [0.2, 0.25) is 5.91 Å². The van der Waals surface area contributed by atoms with Gasteiger partial charge in [-0.1, -0.05) is 11.8 Å². The van der Waals surface area contributed by atoms with E-state index in [4.69, 9.17) is 10.5 Å². The number of hydrogen-bond donors (Lipinski definition) is 2. The van der Waals surface area contributed by atoms with Crippen LogP contribution in [0.4, 0.5) is 5.69 Å². The maximum atomic E-state index is 12.0. The van der Waals surface area contributed by atoms with Gasteiger partial charge in [0, 0.05) is 17.9 Å². The van der Waals surface area contributed by atoms with Crippen LogP contribution in [-0.4, -0.2) is 25.7 Å². The molecule has 3 N–H and O–H groups in total. The van der Waals surface area contributed by atoms with Crippen molar-refractivity contribution >= 4 is 11.6 Å². The van der Waals surface area contributed by atoms with Gasteiger partial charge in [0.15, 0.2) is 0 Å². The standard InChI is InChI=1S/C15H18N2O2/c1-11-7-12(3-2-5-16)9-14(8-11)17-15(18)13-4-6-19-10-13/h7-9,13H,4-6,10,16H2,1H3,(H,17,18). The van der Waals surface area contributed by atoms with Gasteiger partial charge in [-0.25, -0.2) is 0 Å². The van der Waals surface area contributed by atoms with Crippen molar-refractivity contribution in [2.24, 2.45) is 11.7 Å². The molecule has 0 bridgehead atoms. The third-order valence-electron chi connectivity index (χ3n) is 2.98. The van der Waals surface area contributed by atoms with E-state index in [0.29, 0.717) is 19.8 Å². The molecule has 1 aromatic rings. The summed E-state index contributed by atoms with van der Waals surface area (Å²) in [6, 6.07) is 5.77. The normalized spacial score (nSPS) is 17.7. The molecule has 1 atom stereocenters. The van der Waals surface area contributed by atoms with Gasteiger partial charge < -0.3 is 15.8 Å². The lowest BCUT2D eigenvalue weighted by Gasteiger charge is -2.10. The second-order valence-electron chi connectivity index (χ2n) is 4.64. The van der Waals surface area contributed by atoms with Crippen LogP contribution in [0.2, 0.25) is 0 Å². The van der Waals surface area contributed by atoms with E-state index >= 15 is 0 Å². The minimum Gasteiger partial charge on any atom is -0.381 e. The molecule has 1 fully saturated rings. The quantitative estimate of drug-likeness (QED) is 0.785. The van der Waals surface area contributed by atoms with E-state index in [1.54, 1.807) is 0 Å². The molecule has 0 radical (unpaired) electrons. The van der Waals surface area contributed by atoms with Crippen molar-refractivity contribution in [3.05, 3.63) is 29.3 Å². The van der Waals surface area contributed by atoms with Gasteiger partial charge in [-0.2, -0.15) is 0 Å². The molecule has 0 spiro atoms. The molecule has 4 heteroatoms. The van der Waals surface area contributed by atoms with Crippen molar-refractivity contribution < 1.29 is 9.53 Å². The van der Waals surface area contributed by atoms with E-state index < -0.39 is 0 Å². The van der Waals surface area contributed by atoms with E-state index in [0.717, 1.165) is 23.2 Å². The van der Waals surface area contributed by atoms with Crippen molar-refractivity contribution in [3.63, 3.8) is 0 Å². The second kappa shape index (κ2) is 6.37. The zero-order chi connectivity index (χ0) is 13.7. The van der Waals surface area contributed by atoms with Crippen LogP contribution in [0.3, 0.4) is 0 Å². The third kappa shape index (κ3) is 3.82. The lowest BCUT2D eigenvalue weighted by molar-refractivity contribution is -0.119. The van der Waals surface area contributed by atoms with Crippen molar-refractivity contribution in [1.29, 1.82) is 0 Å². The molecule has 1 aromatic carbocycles. The number of carbonyl (C=O) groups excluding carboxylic acids is 1. The van der Waals surface area contributed by atoms with Gasteiger partial charge in [-0.3, -0.25) is 4.79 Å². The first-order chi connectivity index (χ1) is 9.19. The summed E-state index contributed by atoms with van der Waals surface area (Å²) in [6.45, 7) is 3.48. The molecule has 100 valence electrons. The van der Waals surface area contributed by atoms with E-state index in [1.807, 2.05) is 25.1 Å². The van der Waals surface area contributed by atoms with Crippen LogP contribution < -0.4 is 11.1 Å². The number of aryl methyl sites for hydroxylation is 1. The Bertz CT molecular complexity index is 523. The van der Waals surface area contributed by atoms with Crippen molar-refractivity contribution in [1.82, 2.24) is 0 Å². The van der Waals surface area contributed by atoms with E-state index in [-0.39, 0.29) is 11.8 Å². The molecular formula is C15H18N2O2. The average molecular weight is 258 g/mol. The summed E-state index contributed by atoms with van der Waals surface area (Å²) in [6.07, 6.45) is 0.789. The van der Waals surface area contributed by atoms with E-state index in [1.165, 1.54) is 0 Å². The predicted octanol–water partition coefficient (Wildman–Crippen LogP) is 1.28. The molecule has 1 unspecified atom stereocenters. The summed E-state index contributed by atoms with van der Waals surface area (Å²) in [4.78, 5) is 12.0. The summed E-state index contributed by atoms with van der Waals surface area (Å²) in [5, 5.41) is 2.92. The largest absolute Gasteiger partial charge is 0.381 e. The first kappa shape index (κ1) is 13.6. The second-order valence-corrected chi connectivity index (χ2v) is 4.64. The number of ether oxygens (including phenoxy) is 1. The number of nitrogens with one attached hydrogen (secondary N) is 1. The number of benzene rings is 1. The molecule has 1 saturated heterocycles. The molecule has 0 saturated carbocycles. The number of carbonyl (C=O) groups is 1. The number of hydrogen-bond acceptors (Lipinski definition) is 3. The Kier molecular flexibility index (Phi) is 4.56. The van der Waals surface area contributed by atoms with Crippen LogP contribution in [0, 0.1) is 24.7 Å². The fourth-order valence-electron chi connectivity index (χ4n) is 2.07. The number of amides is 1. The maximum Gasteiger partial charge on any atom is 0.229 e. The smallest absolute Gasteiger partial charge is 0.229 e. The molecule has 1 aliphatic rings. The summed E-state index contributed by atoms with van der Waals surface area (Å²) in [5.74, 6) is 5.76. The zero-order valence-electron chi connectivity index (χ0n) is 11.0. The first-order valence-electron chi connectivity index (χ1n) is 6.38. The van der Waals surface area contributed by atoms with Gasteiger partial charge in [-0.15, -0.1) is 0 Å². The third-order valence-corrected chi connectivity index (χ3v) is 2.98. The Hall–Kier alpha value is -1.83. The zero-order valence-corrected chi connectivity index (χ0v) is 11.0. The highest BCUT2D eigenvalue weighted by Gasteiger charge is 2.23. The Morgan fingerprint density at radius 2 is 2.37 bits per heavy atom. The van der Waals surface area contributed by atoms with E-state index in [9.17, 15) is 4.79 Å². The van der Waals surface area contributed by atoms with E-state index in [2.05, 4.69) is 17.2 Å². The SMILES string of the molecule is Cc1cc(C#CCN)cc(NC(=O)C2CCOC2)c1. The summed E-state index contributed by atoms with van der Waals surface area (Å²) >= 11 is 0. The topological polar surface area (TPSA) is 64.3 Å². The Morgan fingerprint density at radius 3 is 3.05 bits per heavy atom. The van der Waals surface area contributed by atoms with Crippen LogP contribution in [0.25, 0.3) is 0 Å². The molecule has 1 amide bonds. The molecule has 2 rings (SSSR count). The molecule has 1 aliphatic heterocycles. The van der Waals surface area contributed by atoms with Crippen LogP contribution in [0.15, 0.2) is 18.2 Å². The highest BCUT2D eigenvalue weighted by Crippen LogP contribution is 2.18. The summed E-state index contributed by atoms with van der Waals surface area (Å²) in [7, 11) is 0. The molecule has 0 aromatic heterocycles. The molecule has 1 heterocycles. The lowest BCUT2D eigenvalue weighted by atomic mass is 10.1. The predicted molar refractivity (Wildman–Crippen MR) is 74.7 cm³/mol. The van der Waals surface area contributed by atoms with Crippen LogP contribution in [0.5, 0.6) is 0 Å². The summed E-state index contributed by atoms with van der Waals surface area (Å²) < 4.78 is 5.22. The fourth-order valence-corrected chi connectivity index (χ4v) is 2.07. The minimum atomic E-state index is -0.0425. The number of anilines is 1. The van der Waals surface area contributed by atoms with Crippen molar-refractivity contribution in [3.8, 4) is 11.8 Å². The lowest BCUT2D eigenvalue weighted by Crippen LogP contribution is -2.22. The average Bonchev–Trinajstić information content (AvgIpc) is 2.89. The molecule has 19 heavy (non-hydrogen) atoms. The Morgan fingerprint density at radius 1 is 1.53 bits per heavy atom. The molecule has 0 aliphatic carbocycles. The van der Waals surface area contributed by atoms with Crippen LogP contribution >= 0.6 is 0 Å². The maximum absolute atomic E-state index is 12.0. The molecular weight excluding hydrogens is 240 g/mol.